The van der Waals surface area contributed by atoms with Gasteiger partial charge >= 0.3 is 0 Å². The molecule has 0 aliphatic carbocycles. The van der Waals surface area contributed by atoms with Crippen molar-refractivity contribution >= 4 is 5.91 Å². The van der Waals surface area contributed by atoms with Gasteiger partial charge in [-0.25, -0.2) is 0 Å². The predicted octanol–water partition coefficient (Wildman–Crippen LogP) is 1.51. The lowest BCUT2D eigenvalue weighted by Gasteiger charge is -2.28. The molecular formula is C10H17NO. The van der Waals surface area contributed by atoms with Gasteiger partial charge in [-0.15, -0.1) is 6.42 Å². The van der Waals surface area contributed by atoms with E-state index in [0.717, 1.165) is 0 Å². The van der Waals surface area contributed by atoms with Crippen LogP contribution in [0.3, 0.4) is 0 Å². The van der Waals surface area contributed by atoms with E-state index in [1.165, 1.54) is 0 Å². The van der Waals surface area contributed by atoms with Gasteiger partial charge in [0.25, 0.3) is 0 Å². The Kier molecular flexibility index (Phi) is 3.33. The average molecular weight is 167 g/mol. The standard InChI is InChI=1S/C10H17NO/c1-7-10(4,5)9(12)11(6)8(2)3/h1,8H,2-6H3. The Bertz CT molecular complexity index is 210. The minimum Gasteiger partial charge on any atom is -0.342 e. The zero-order chi connectivity index (χ0) is 9.94. The summed E-state index contributed by atoms with van der Waals surface area (Å²) in [5, 5.41) is 0. The van der Waals surface area contributed by atoms with E-state index in [4.69, 9.17) is 6.42 Å². The summed E-state index contributed by atoms with van der Waals surface area (Å²) < 4.78 is 0. The molecular weight excluding hydrogens is 150 g/mol. The van der Waals surface area contributed by atoms with Gasteiger partial charge in [0.1, 0.15) is 5.41 Å². The van der Waals surface area contributed by atoms with Gasteiger partial charge in [0, 0.05) is 13.1 Å². The molecule has 0 heterocycles. The van der Waals surface area contributed by atoms with E-state index in [1.807, 2.05) is 13.8 Å². The summed E-state index contributed by atoms with van der Waals surface area (Å²) in [5.74, 6) is 2.49. The lowest BCUT2D eigenvalue weighted by atomic mass is 9.92. The maximum Gasteiger partial charge on any atom is 0.240 e. The smallest absolute Gasteiger partial charge is 0.240 e. The van der Waals surface area contributed by atoms with Crippen LogP contribution in [0.25, 0.3) is 0 Å². The molecule has 2 nitrogen and oxygen atoms in total. The summed E-state index contributed by atoms with van der Waals surface area (Å²) >= 11 is 0. The first-order valence-electron chi connectivity index (χ1n) is 4.08. The van der Waals surface area contributed by atoms with Crippen LogP contribution in [0, 0.1) is 17.8 Å². The van der Waals surface area contributed by atoms with E-state index >= 15 is 0 Å². The molecule has 0 saturated heterocycles. The molecule has 0 fully saturated rings. The van der Waals surface area contributed by atoms with Crippen molar-refractivity contribution in [2.75, 3.05) is 7.05 Å². The van der Waals surface area contributed by atoms with Gasteiger partial charge in [-0.05, 0) is 27.7 Å². The van der Waals surface area contributed by atoms with Crippen molar-refractivity contribution in [1.82, 2.24) is 4.90 Å². The fourth-order valence-corrected chi connectivity index (χ4v) is 0.737. The highest BCUT2D eigenvalue weighted by atomic mass is 16.2. The molecule has 0 spiro atoms. The van der Waals surface area contributed by atoms with Crippen LogP contribution in [0.1, 0.15) is 27.7 Å². The Morgan fingerprint density at radius 3 is 2.17 bits per heavy atom. The molecule has 0 atom stereocenters. The highest BCUT2D eigenvalue weighted by molar-refractivity contribution is 5.84. The number of hydrogen-bond acceptors (Lipinski definition) is 1. The third-order valence-electron chi connectivity index (χ3n) is 1.99. The summed E-state index contributed by atoms with van der Waals surface area (Å²) in [6.45, 7) is 7.44. The molecule has 0 unspecified atom stereocenters. The summed E-state index contributed by atoms with van der Waals surface area (Å²) in [6.07, 6.45) is 5.25. The Balaban J connectivity index is 4.53. The minimum absolute atomic E-state index is 0.000000000000000444. The molecule has 0 aromatic heterocycles. The van der Waals surface area contributed by atoms with Crippen molar-refractivity contribution in [3.05, 3.63) is 0 Å². The van der Waals surface area contributed by atoms with Gasteiger partial charge in [-0.3, -0.25) is 4.79 Å². The van der Waals surface area contributed by atoms with Gasteiger partial charge < -0.3 is 4.90 Å². The van der Waals surface area contributed by atoms with E-state index in [-0.39, 0.29) is 11.9 Å². The molecule has 0 aliphatic heterocycles. The number of rotatable bonds is 2. The minimum atomic E-state index is -0.682. The van der Waals surface area contributed by atoms with Crippen molar-refractivity contribution < 1.29 is 4.79 Å². The lowest BCUT2D eigenvalue weighted by Crippen LogP contribution is -2.41. The van der Waals surface area contributed by atoms with Crippen molar-refractivity contribution in [1.29, 1.82) is 0 Å². The third kappa shape index (κ3) is 2.27. The van der Waals surface area contributed by atoms with E-state index in [9.17, 15) is 4.79 Å². The lowest BCUT2D eigenvalue weighted by molar-refractivity contribution is -0.137. The van der Waals surface area contributed by atoms with E-state index in [1.54, 1.807) is 25.8 Å². The molecule has 0 aromatic rings. The van der Waals surface area contributed by atoms with Crippen LogP contribution in [0.4, 0.5) is 0 Å². The third-order valence-corrected chi connectivity index (χ3v) is 1.99. The highest BCUT2D eigenvalue weighted by Gasteiger charge is 2.28. The zero-order valence-electron chi connectivity index (χ0n) is 8.51. The van der Waals surface area contributed by atoms with Crippen LogP contribution in [-0.4, -0.2) is 23.9 Å². The first-order chi connectivity index (χ1) is 5.33. The molecule has 0 rings (SSSR count). The summed E-state index contributed by atoms with van der Waals surface area (Å²) in [4.78, 5) is 13.3. The van der Waals surface area contributed by atoms with Crippen LogP contribution >= 0.6 is 0 Å². The molecule has 0 aromatic carbocycles. The van der Waals surface area contributed by atoms with Gasteiger partial charge in [0.05, 0.1) is 0 Å². The maximum absolute atomic E-state index is 11.6. The molecule has 0 N–H and O–H groups in total. The van der Waals surface area contributed by atoms with Crippen molar-refractivity contribution in [2.45, 2.75) is 33.7 Å². The molecule has 1 amide bonds. The Morgan fingerprint density at radius 1 is 1.50 bits per heavy atom. The molecule has 0 aliphatic rings. The number of terminal acetylenes is 1. The van der Waals surface area contributed by atoms with Crippen molar-refractivity contribution in [3.63, 3.8) is 0 Å². The Morgan fingerprint density at radius 2 is 1.92 bits per heavy atom. The van der Waals surface area contributed by atoms with Gasteiger partial charge in [-0.1, -0.05) is 5.92 Å². The molecule has 0 saturated carbocycles. The largest absolute Gasteiger partial charge is 0.342 e. The Labute approximate surface area is 74.9 Å². The number of carbonyl (C=O) groups is 1. The molecule has 12 heavy (non-hydrogen) atoms. The Hall–Kier alpha value is -0.970. The summed E-state index contributed by atoms with van der Waals surface area (Å²) in [5.41, 5.74) is -0.682. The highest BCUT2D eigenvalue weighted by Crippen LogP contribution is 2.17. The zero-order valence-corrected chi connectivity index (χ0v) is 8.51. The van der Waals surface area contributed by atoms with E-state index in [2.05, 4.69) is 5.92 Å². The number of amides is 1. The first-order valence-corrected chi connectivity index (χ1v) is 4.08. The van der Waals surface area contributed by atoms with E-state index < -0.39 is 5.41 Å². The second kappa shape index (κ2) is 3.62. The molecule has 2 heteroatoms. The van der Waals surface area contributed by atoms with Gasteiger partial charge in [0.2, 0.25) is 5.91 Å². The number of nitrogens with zero attached hydrogens (tertiary/aromatic N) is 1. The number of carbonyl (C=O) groups excluding carboxylic acids is 1. The molecule has 0 radical (unpaired) electrons. The normalized spacial score (nSPS) is 11.1. The predicted molar refractivity (Wildman–Crippen MR) is 50.5 cm³/mol. The van der Waals surface area contributed by atoms with Gasteiger partial charge in [-0.2, -0.15) is 0 Å². The summed E-state index contributed by atoms with van der Waals surface area (Å²) in [7, 11) is 1.77. The fraction of sp³-hybridized carbons (Fsp3) is 0.700. The average Bonchev–Trinajstić information content (AvgIpc) is 2.01. The van der Waals surface area contributed by atoms with Crippen molar-refractivity contribution in [3.8, 4) is 12.3 Å². The van der Waals surface area contributed by atoms with Crippen LogP contribution in [0.2, 0.25) is 0 Å². The monoisotopic (exact) mass is 167 g/mol. The SMILES string of the molecule is C#CC(C)(C)C(=O)N(C)C(C)C. The van der Waals surface area contributed by atoms with Crippen LogP contribution in [0.5, 0.6) is 0 Å². The summed E-state index contributed by atoms with van der Waals surface area (Å²) in [6, 6.07) is 0.199. The number of hydrogen-bond donors (Lipinski definition) is 0. The maximum atomic E-state index is 11.6. The molecule has 68 valence electrons. The van der Waals surface area contributed by atoms with Crippen LogP contribution < -0.4 is 0 Å². The second-order valence-corrected chi connectivity index (χ2v) is 3.78. The second-order valence-electron chi connectivity index (χ2n) is 3.78. The van der Waals surface area contributed by atoms with E-state index in [0.29, 0.717) is 0 Å². The first kappa shape index (κ1) is 11.0. The quantitative estimate of drug-likeness (QED) is 0.571. The van der Waals surface area contributed by atoms with Crippen molar-refractivity contribution in [2.24, 2.45) is 5.41 Å². The van der Waals surface area contributed by atoms with Crippen LogP contribution in [0.15, 0.2) is 0 Å². The fourth-order valence-electron chi connectivity index (χ4n) is 0.737. The van der Waals surface area contributed by atoms with Gasteiger partial charge in [0.15, 0.2) is 0 Å². The topological polar surface area (TPSA) is 20.3 Å². The molecule has 0 bridgehead atoms. The van der Waals surface area contributed by atoms with Crippen LogP contribution in [-0.2, 0) is 4.79 Å².